The fraction of sp³-hybridized carbons (Fsp3) is 0.102. The van der Waals surface area contributed by atoms with Gasteiger partial charge in [-0.1, -0.05) is 127 Å². The number of fused-ring (bicyclic) bond motifs is 9. The molecule has 4 nitrogen and oxygen atoms in total. The van der Waals surface area contributed by atoms with Gasteiger partial charge in [-0.3, -0.25) is 9.13 Å². The van der Waals surface area contributed by atoms with E-state index in [1.54, 1.807) is 0 Å². The van der Waals surface area contributed by atoms with Crippen molar-refractivity contribution in [3.8, 4) is 23.5 Å². The summed E-state index contributed by atoms with van der Waals surface area (Å²) in [6.45, 7) is 2.28. The van der Waals surface area contributed by atoms with Gasteiger partial charge >= 0.3 is 0 Å². The van der Waals surface area contributed by atoms with E-state index < -0.39 is 0 Å². The predicted octanol–water partition coefficient (Wildman–Crippen LogP) is 11.2. The fourth-order valence-corrected chi connectivity index (χ4v) is 8.98. The minimum Gasteiger partial charge on any atom is -0.292 e. The zero-order valence-corrected chi connectivity index (χ0v) is 29.3. The van der Waals surface area contributed by atoms with E-state index in [2.05, 4.69) is 186 Å². The summed E-state index contributed by atoms with van der Waals surface area (Å²) < 4.78 is 4.74. The van der Waals surface area contributed by atoms with Crippen LogP contribution in [-0.2, 0) is 5.41 Å². The Balaban J connectivity index is 1.21. The monoisotopic (exact) mass is 678 g/mol. The highest BCUT2D eigenvalue weighted by molar-refractivity contribution is 6.23. The third-order valence-corrected chi connectivity index (χ3v) is 11.5. The Labute approximate surface area is 307 Å². The lowest BCUT2D eigenvalue weighted by Crippen LogP contribution is -2.27. The highest BCUT2D eigenvalue weighted by atomic mass is 15.1. The molecule has 4 heteroatoms. The highest BCUT2D eigenvalue weighted by Crippen LogP contribution is 2.43. The smallest absolute Gasteiger partial charge is 0.138 e. The number of hydrogen-bond donors (Lipinski definition) is 0. The van der Waals surface area contributed by atoms with Crippen molar-refractivity contribution in [2.45, 2.75) is 25.2 Å². The first kappa shape index (κ1) is 30.0. The molecule has 0 fully saturated rings. The highest BCUT2D eigenvalue weighted by Gasteiger charge is 2.34. The van der Waals surface area contributed by atoms with E-state index >= 15 is 0 Å². The Kier molecular flexibility index (Phi) is 6.45. The van der Waals surface area contributed by atoms with Gasteiger partial charge in [-0.25, -0.2) is 9.97 Å². The number of allylic oxidation sites excluding steroid dienone is 8. The average molecular weight is 679 g/mol. The Morgan fingerprint density at radius 1 is 0.642 bits per heavy atom. The summed E-state index contributed by atoms with van der Waals surface area (Å²) in [5.74, 6) is 8.96. The Hall–Kier alpha value is -6.70. The van der Waals surface area contributed by atoms with Gasteiger partial charge in [0.1, 0.15) is 11.6 Å². The number of nitrogens with zero attached hydrogens (tertiary/aromatic N) is 4. The average Bonchev–Trinajstić information content (AvgIpc) is 3.74. The Morgan fingerprint density at radius 3 is 2.09 bits per heavy atom. The molecule has 4 aromatic heterocycles. The van der Waals surface area contributed by atoms with Gasteiger partial charge in [0.15, 0.2) is 0 Å². The van der Waals surface area contributed by atoms with Crippen molar-refractivity contribution in [1.82, 2.24) is 19.1 Å². The maximum Gasteiger partial charge on any atom is 0.138 e. The van der Waals surface area contributed by atoms with Gasteiger partial charge in [-0.15, -0.1) is 0 Å². The molecule has 1 unspecified atom stereocenters. The van der Waals surface area contributed by atoms with Gasteiger partial charge in [0.05, 0.1) is 33.5 Å². The zero-order chi connectivity index (χ0) is 35.1. The molecule has 8 aromatic rings. The molecule has 0 spiro atoms. The molecule has 0 N–H and O–H groups in total. The summed E-state index contributed by atoms with van der Waals surface area (Å²) in [6.07, 6.45) is 15.1. The Morgan fingerprint density at radius 2 is 1.32 bits per heavy atom. The second-order valence-electron chi connectivity index (χ2n) is 14.5. The van der Waals surface area contributed by atoms with Crippen molar-refractivity contribution < 1.29 is 0 Å². The van der Waals surface area contributed by atoms with Crippen molar-refractivity contribution in [3.63, 3.8) is 0 Å². The number of para-hydroxylation sites is 2. The third-order valence-electron chi connectivity index (χ3n) is 11.5. The molecule has 53 heavy (non-hydrogen) atoms. The standard InChI is InChI=1S/C49H34N4/c1-49(31-13-17-33-15-3-7-22-40(33)49)44-26-12-28-46(51-44)53-43-25-9-6-20-37(43)39-30-29-38-36-19-5-8-24-42(36)52(47(38)48(39)53)45-27-11-23-41(50-45)35-21-10-16-32-14-2-4-18-34(32)35/h2-12,14-15,18-30,32H,16,31H2,1H3/t32?,49-/m1/s1. The van der Waals surface area contributed by atoms with Crippen LogP contribution in [0.4, 0.5) is 0 Å². The third kappa shape index (κ3) is 4.38. The van der Waals surface area contributed by atoms with Crippen LogP contribution in [0.3, 0.4) is 0 Å². The van der Waals surface area contributed by atoms with Gasteiger partial charge in [-0.05, 0) is 66.9 Å². The number of pyridine rings is 2. The lowest BCUT2D eigenvalue weighted by atomic mass is 9.72. The van der Waals surface area contributed by atoms with E-state index in [1.807, 2.05) is 0 Å². The van der Waals surface area contributed by atoms with Gasteiger partial charge in [0, 0.05) is 50.4 Å². The molecule has 0 radical (unpaired) electrons. The van der Waals surface area contributed by atoms with Crippen LogP contribution < -0.4 is 0 Å². The number of hydrogen-bond acceptors (Lipinski definition) is 2. The van der Waals surface area contributed by atoms with Gasteiger partial charge in [0.25, 0.3) is 0 Å². The van der Waals surface area contributed by atoms with Crippen LogP contribution >= 0.6 is 0 Å². The zero-order valence-electron chi connectivity index (χ0n) is 29.3. The van der Waals surface area contributed by atoms with Gasteiger partial charge < -0.3 is 0 Å². The summed E-state index contributed by atoms with van der Waals surface area (Å²) in [4.78, 5) is 11.0. The first-order valence-corrected chi connectivity index (χ1v) is 18.4. The number of benzene rings is 4. The largest absolute Gasteiger partial charge is 0.292 e. The Bertz CT molecular complexity index is 3040. The number of rotatable bonds is 4. The SMILES string of the molecule is C[C@@]1(c2cccc(-n3c4ccccc4c4ccc5c6ccccc6n(-c6cccc(C7=C8C=CC=CC8CC=C7)n6)c5c43)n2)CC#Cc2ccccc21. The molecule has 0 aliphatic heterocycles. The van der Waals surface area contributed by atoms with E-state index in [0.717, 1.165) is 57.1 Å². The molecule has 4 heterocycles. The normalized spacial score (nSPS) is 18.8. The summed E-state index contributed by atoms with van der Waals surface area (Å²) in [5.41, 5.74) is 11.0. The summed E-state index contributed by atoms with van der Waals surface area (Å²) in [6, 6.07) is 43.4. The van der Waals surface area contributed by atoms with Crippen molar-refractivity contribution in [3.05, 3.63) is 186 Å². The van der Waals surface area contributed by atoms with E-state index in [0.29, 0.717) is 12.3 Å². The van der Waals surface area contributed by atoms with Crippen LogP contribution in [0.15, 0.2) is 163 Å². The molecular formula is C49H34N4. The van der Waals surface area contributed by atoms with Crippen LogP contribution in [0.1, 0.15) is 42.3 Å². The topological polar surface area (TPSA) is 35.6 Å². The molecule has 4 aromatic carbocycles. The predicted molar refractivity (Wildman–Crippen MR) is 218 cm³/mol. The van der Waals surface area contributed by atoms with E-state index in [1.165, 1.54) is 38.3 Å². The second-order valence-corrected chi connectivity index (χ2v) is 14.5. The summed E-state index contributed by atoms with van der Waals surface area (Å²) in [5, 5.41) is 4.75. The molecule has 2 atom stereocenters. The van der Waals surface area contributed by atoms with Gasteiger partial charge in [-0.2, -0.15) is 0 Å². The minimum atomic E-state index is -0.337. The van der Waals surface area contributed by atoms with Crippen LogP contribution in [-0.4, -0.2) is 19.1 Å². The van der Waals surface area contributed by atoms with Crippen molar-refractivity contribution in [2.75, 3.05) is 0 Å². The molecular weight excluding hydrogens is 645 g/mol. The number of aromatic nitrogens is 4. The second kappa shape index (κ2) is 11.4. The molecule has 11 rings (SSSR count). The van der Waals surface area contributed by atoms with Crippen LogP contribution in [0.2, 0.25) is 0 Å². The molecule has 0 saturated heterocycles. The molecule has 250 valence electrons. The van der Waals surface area contributed by atoms with Crippen LogP contribution in [0.5, 0.6) is 0 Å². The van der Waals surface area contributed by atoms with Gasteiger partial charge in [0.2, 0.25) is 0 Å². The molecule has 0 saturated carbocycles. The van der Waals surface area contributed by atoms with Crippen LogP contribution in [0.25, 0.3) is 60.8 Å². The molecule has 3 aliphatic rings. The molecule has 0 amide bonds. The molecule has 3 aliphatic carbocycles. The summed E-state index contributed by atoms with van der Waals surface area (Å²) in [7, 11) is 0. The van der Waals surface area contributed by atoms with Crippen LogP contribution in [0, 0.1) is 17.8 Å². The maximum absolute atomic E-state index is 5.53. The lowest BCUT2D eigenvalue weighted by Gasteiger charge is -2.31. The van der Waals surface area contributed by atoms with Crippen molar-refractivity contribution >= 4 is 49.2 Å². The lowest BCUT2D eigenvalue weighted by molar-refractivity contribution is 0.563. The maximum atomic E-state index is 5.53. The molecule has 0 bridgehead atoms. The van der Waals surface area contributed by atoms with E-state index in [9.17, 15) is 0 Å². The van der Waals surface area contributed by atoms with E-state index in [4.69, 9.17) is 9.97 Å². The van der Waals surface area contributed by atoms with E-state index in [-0.39, 0.29) is 5.41 Å². The fourth-order valence-electron chi connectivity index (χ4n) is 8.98. The minimum absolute atomic E-state index is 0.337. The first-order valence-electron chi connectivity index (χ1n) is 18.4. The quantitative estimate of drug-likeness (QED) is 0.174. The summed E-state index contributed by atoms with van der Waals surface area (Å²) >= 11 is 0. The van der Waals surface area contributed by atoms with Crippen molar-refractivity contribution in [2.24, 2.45) is 5.92 Å². The first-order chi connectivity index (χ1) is 26.2. The van der Waals surface area contributed by atoms with Crippen molar-refractivity contribution in [1.29, 1.82) is 0 Å².